The molecule has 1 heterocycles. The van der Waals surface area contributed by atoms with Gasteiger partial charge >= 0.3 is 5.69 Å². The van der Waals surface area contributed by atoms with Crippen molar-refractivity contribution in [1.82, 2.24) is 14.5 Å². The highest BCUT2D eigenvalue weighted by Gasteiger charge is 2.15. The minimum atomic E-state index is -0.523. The molecule has 1 N–H and O–H groups in total. The first-order valence-electron chi connectivity index (χ1n) is 11.6. The summed E-state index contributed by atoms with van der Waals surface area (Å²) in [6.07, 6.45) is 0.472. The number of benzene rings is 3. The largest absolute Gasteiger partial charge is 0.352 e. The molecule has 1 aromatic heterocycles. The summed E-state index contributed by atoms with van der Waals surface area (Å²) in [5, 5.41) is 14.4. The summed E-state index contributed by atoms with van der Waals surface area (Å²) in [5.41, 5.74) is 2.13. The van der Waals surface area contributed by atoms with Crippen LogP contribution in [0.4, 0.5) is 5.69 Å². The van der Waals surface area contributed by atoms with Gasteiger partial charge in [0.15, 0.2) is 0 Å². The maximum Gasteiger partial charge on any atom is 0.331 e. The fourth-order valence-corrected chi connectivity index (χ4v) is 4.06. The van der Waals surface area contributed by atoms with Crippen molar-refractivity contribution < 1.29 is 9.72 Å². The third-order valence-electron chi connectivity index (χ3n) is 5.99. The molecule has 0 aliphatic rings. The van der Waals surface area contributed by atoms with Gasteiger partial charge in [0.1, 0.15) is 0 Å². The fourth-order valence-electron chi connectivity index (χ4n) is 4.06. The molecule has 0 aliphatic carbocycles. The van der Waals surface area contributed by atoms with Crippen LogP contribution < -0.4 is 16.6 Å². The Labute approximate surface area is 206 Å². The van der Waals surface area contributed by atoms with Gasteiger partial charge in [0.25, 0.3) is 11.2 Å². The highest BCUT2D eigenvalue weighted by atomic mass is 16.6. The number of amides is 1. The molecule has 184 valence electrons. The molecule has 0 unspecified atom stereocenters. The summed E-state index contributed by atoms with van der Waals surface area (Å²) in [5.74, 6) is -0.165. The lowest BCUT2D eigenvalue weighted by molar-refractivity contribution is -0.384. The zero-order valence-electron chi connectivity index (χ0n) is 19.8. The number of hydrogen-bond donors (Lipinski definition) is 1. The molecule has 0 saturated carbocycles. The molecule has 1 amide bonds. The predicted octanol–water partition coefficient (Wildman–Crippen LogP) is 3.52. The molecule has 0 aliphatic heterocycles. The topological polar surface area (TPSA) is 116 Å². The number of fused-ring (bicyclic) bond motifs is 1. The zero-order valence-corrected chi connectivity index (χ0v) is 19.8. The van der Waals surface area contributed by atoms with E-state index in [0.717, 1.165) is 15.7 Å². The Morgan fingerprint density at radius 3 is 2.44 bits per heavy atom. The molecule has 9 nitrogen and oxygen atoms in total. The summed E-state index contributed by atoms with van der Waals surface area (Å²) in [6, 6.07) is 20.7. The van der Waals surface area contributed by atoms with E-state index in [1.165, 1.54) is 16.7 Å². The molecular weight excluding hydrogens is 460 g/mol. The standard InChI is InChI=1S/C27H26N4O5/c1-19-11-13-20(14-12-19)17-28-25(32)10-5-15-29-26(33)23-8-2-3-9-24(23)30(27(29)34)18-21-6-4-7-22(16-21)31(35)36/h2-4,6-9,11-14,16H,5,10,15,17-18H2,1H3,(H,28,32). The molecule has 9 heteroatoms. The number of aromatic nitrogens is 2. The van der Waals surface area contributed by atoms with Gasteiger partial charge in [-0.25, -0.2) is 4.79 Å². The highest BCUT2D eigenvalue weighted by molar-refractivity contribution is 5.78. The van der Waals surface area contributed by atoms with Gasteiger partial charge in [-0.1, -0.05) is 54.1 Å². The lowest BCUT2D eigenvalue weighted by Gasteiger charge is -2.14. The average molecular weight is 487 g/mol. The predicted molar refractivity (Wildman–Crippen MR) is 137 cm³/mol. The maximum absolute atomic E-state index is 13.3. The lowest BCUT2D eigenvalue weighted by Crippen LogP contribution is -2.40. The van der Waals surface area contributed by atoms with Gasteiger partial charge in [0.2, 0.25) is 5.91 Å². The monoisotopic (exact) mass is 486 g/mol. The van der Waals surface area contributed by atoms with Crippen molar-refractivity contribution in [2.45, 2.75) is 39.4 Å². The van der Waals surface area contributed by atoms with E-state index < -0.39 is 16.2 Å². The Balaban J connectivity index is 1.53. The van der Waals surface area contributed by atoms with Crippen LogP contribution in [0.25, 0.3) is 10.9 Å². The number of carbonyl (C=O) groups excluding carboxylic acids is 1. The number of hydrogen-bond acceptors (Lipinski definition) is 5. The SMILES string of the molecule is Cc1ccc(CNC(=O)CCCn2c(=O)c3ccccc3n(Cc3cccc([N+](=O)[O-])c3)c2=O)cc1. The number of nitro benzene ring substituents is 1. The molecular formula is C27H26N4O5. The van der Waals surface area contributed by atoms with E-state index in [0.29, 0.717) is 29.4 Å². The third-order valence-corrected chi connectivity index (χ3v) is 5.99. The van der Waals surface area contributed by atoms with Crippen LogP contribution in [-0.2, 0) is 24.4 Å². The Hall–Kier alpha value is -4.53. The number of para-hydroxylation sites is 1. The van der Waals surface area contributed by atoms with Crippen LogP contribution in [0.15, 0.2) is 82.4 Å². The smallest absolute Gasteiger partial charge is 0.331 e. The van der Waals surface area contributed by atoms with Gasteiger partial charge in [-0.2, -0.15) is 0 Å². The zero-order chi connectivity index (χ0) is 25.7. The van der Waals surface area contributed by atoms with Crippen LogP contribution >= 0.6 is 0 Å². The summed E-state index contributed by atoms with van der Waals surface area (Å²) in [7, 11) is 0. The van der Waals surface area contributed by atoms with Crippen molar-refractivity contribution in [2.24, 2.45) is 0 Å². The second-order valence-electron chi connectivity index (χ2n) is 8.64. The molecule has 4 rings (SSSR count). The Bertz CT molecular complexity index is 1540. The molecule has 0 fully saturated rings. The van der Waals surface area contributed by atoms with Crippen molar-refractivity contribution in [3.8, 4) is 0 Å². The van der Waals surface area contributed by atoms with Gasteiger partial charge in [0.05, 0.1) is 22.4 Å². The van der Waals surface area contributed by atoms with Crippen LogP contribution in [0.2, 0.25) is 0 Å². The minimum absolute atomic E-state index is 0.0678. The van der Waals surface area contributed by atoms with E-state index >= 15 is 0 Å². The normalized spacial score (nSPS) is 10.9. The summed E-state index contributed by atoms with van der Waals surface area (Å²) < 4.78 is 2.57. The fraction of sp³-hybridized carbons (Fsp3) is 0.222. The maximum atomic E-state index is 13.3. The van der Waals surface area contributed by atoms with E-state index in [4.69, 9.17) is 0 Å². The number of aryl methyl sites for hydroxylation is 1. The number of non-ortho nitro benzene ring substituents is 1. The first kappa shape index (κ1) is 24.6. The lowest BCUT2D eigenvalue weighted by atomic mass is 10.1. The second kappa shape index (κ2) is 10.8. The number of rotatable bonds is 9. The van der Waals surface area contributed by atoms with Gasteiger partial charge in [0, 0.05) is 31.6 Å². The van der Waals surface area contributed by atoms with Gasteiger partial charge in [-0.05, 0) is 36.6 Å². The van der Waals surface area contributed by atoms with Crippen LogP contribution in [0.5, 0.6) is 0 Å². The summed E-state index contributed by atoms with van der Waals surface area (Å²) in [4.78, 5) is 49.4. The Kier molecular flexibility index (Phi) is 7.39. The number of nitro groups is 1. The molecule has 0 saturated heterocycles. The molecule has 0 atom stereocenters. The quantitative estimate of drug-likeness (QED) is 0.287. The van der Waals surface area contributed by atoms with E-state index in [1.807, 2.05) is 31.2 Å². The van der Waals surface area contributed by atoms with Crippen molar-refractivity contribution in [2.75, 3.05) is 0 Å². The van der Waals surface area contributed by atoms with Gasteiger partial charge in [-0.15, -0.1) is 0 Å². The molecule has 4 aromatic rings. The minimum Gasteiger partial charge on any atom is -0.352 e. The average Bonchev–Trinajstić information content (AvgIpc) is 2.88. The van der Waals surface area contributed by atoms with Crippen molar-refractivity contribution in [1.29, 1.82) is 0 Å². The summed E-state index contributed by atoms with van der Waals surface area (Å²) >= 11 is 0. The van der Waals surface area contributed by atoms with Gasteiger partial charge < -0.3 is 5.32 Å². The Morgan fingerprint density at radius 1 is 0.944 bits per heavy atom. The number of carbonyl (C=O) groups is 1. The first-order valence-corrected chi connectivity index (χ1v) is 11.6. The van der Waals surface area contributed by atoms with E-state index in [9.17, 15) is 24.5 Å². The van der Waals surface area contributed by atoms with Crippen LogP contribution in [-0.4, -0.2) is 20.0 Å². The Morgan fingerprint density at radius 2 is 1.69 bits per heavy atom. The van der Waals surface area contributed by atoms with Gasteiger partial charge in [-0.3, -0.25) is 28.8 Å². The van der Waals surface area contributed by atoms with Crippen LogP contribution in [0.1, 0.15) is 29.5 Å². The molecule has 0 bridgehead atoms. The highest BCUT2D eigenvalue weighted by Crippen LogP contribution is 2.16. The van der Waals surface area contributed by atoms with E-state index in [-0.39, 0.29) is 31.1 Å². The molecule has 36 heavy (non-hydrogen) atoms. The van der Waals surface area contributed by atoms with Crippen molar-refractivity contribution in [3.63, 3.8) is 0 Å². The third kappa shape index (κ3) is 5.57. The first-order chi connectivity index (χ1) is 17.3. The van der Waals surface area contributed by atoms with E-state index in [1.54, 1.807) is 36.4 Å². The summed E-state index contributed by atoms with van der Waals surface area (Å²) in [6.45, 7) is 2.55. The van der Waals surface area contributed by atoms with Crippen LogP contribution in [0, 0.1) is 17.0 Å². The number of nitrogens with zero attached hydrogens (tertiary/aromatic N) is 3. The molecule has 0 radical (unpaired) electrons. The number of nitrogens with one attached hydrogen (secondary N) is 1. The van der Waals surface area contributed by atoms with Crippen molar-refractivity contribution >= 4 is 22.5 Å². The van der Waals surface area contributed by atoms with E-state index in [2.05, 4.69) is 5.32 Å². The molecule has 0 spiro atoms. The molecule has 3 aromatic carbocycles. The van der Waals surface area contributed by atoms with Crippen molar-refractivity contribution in [3.05, 3.63) is 120 Å². The van der Waals surface area contributed by atoms with Crippen LogP contribution in [0.3, 0.4) is 0 Å². The second-order valence-corrected chi connectivity index (χ2v) is 8.64.